The summed E-state index contributed by atoms with van der Waals surface area (Å²) in [7, 11) is 0. The van der Waals surface area contributed by atoms with Crippen LogP contribution in [0.1, 0.15) is 0 Å². The second-order valence-electron chi connectivity index (χ2n) is 11.9. The normalized spacial score (nSPS) is 12.7. The van der Waals surface area contributed by atoms with Crippen LogP contribution in [-0.4, -0.2) is 4.57 Å². The van der Waals surface area contributed by atoms with Gasteiger partial charge in [0.15, 0.2) is 5.58 Å². The fourth-order valence-electron chi connectivity index (χ4n) is 7.00. The highest BCUT2D eigenvalue weighted by Crippen LogP contribution is 2.51. The smallest absolute Gasteiger partial charge is 0.159 e. The van der Waals surface area contributed by atoms with E-state index in [-0.39, 0.29) is 0 Å². The van der Waals surface area contributed by atoms with Gasteiger partial charge in [0.2, 0.25) is 0 Å². The quantitative estimate of drug-likeness (QED) is 0.134. The topological polar surface area (TPSA) is 33.7 Å². The molecule has 1 aliphatic rings. The Morgan fingerprint density at radius 2 is 1.17 bits per heavy atom. The maximum absolute atomic E-state index is 6.54. The van der Waals surface area contributed by atoms with E-state index in [2.05, 4.69) is 159 Å². The lowest BCUT2D eigenvalue weighted by Gasteiger charge is -2.17. The molecule has 0 unspecified atom stereocenters. The fraction of sp³-hybridized carbons (Fsp3) is 0. The molecule has 1 aliphatic heterocycles. The first-order valence-electron chi connectivity index (χ1n) is 15.7. The summed E-state index contributed by atoms with van der Waals surface area (Å²) in [6.07, 6.45) is 0. The third kappa shape index (κ3) is 4.20. The van der Waals surface area contributed by atoms with Gasteiger partial charge in [-0.15, -0.1) is 0 Å². The van der Waals surface area contributed by atoms with Gasteiger partial charge in [0, 0.05) is 27.2 Å². The highest BCUT2D eigenvalue weighted by Gasteiger charge is 2.24. The Morgan fingerprint density at radius 1 is 0.468 bits per heavy atom. The van der Waals surface area contributed by atoms with Gasteiger partial charge in [0.25, 0.3) is 0 Å². The van der Waals surface area contributed by atoms with Gasteiger partial charge in [-0.25, -0.2) is 3.15 Å². The highest BCUT2D eigenvalue weighted by molar-refractivity contribution is 14.2. The van der Waals surface area contributed by atoms with E-state index in [1.54, 1.807) is 0 Å². The molecule has 0 saturated heterocycles. The van der Waals surface area contributed by atoms with E-state index in [0.717, 1.165) is 44.6 Å². The molecule has 222 valence electrons. The average molecular weight is 716 g/mol. The average Bonchev–Trinajstić information content (AvgIpc) is 3.83. The molecule has 0 bridgehead atoms. The fourth-order valence-corrected chi connectivity index (χ4v) is 9.09. The van der Waals surface area contributed by atoms with Crippen LogP contribution in [0, 0.1) is 0 Å². The summed E-state index contributed by atoms with van der Waals surface area (Å²) in [5.74, 6) is 0. The minimum atomic E-state index is -0.614. The number of hydrogen-bond donors (Lipinski definition) is 0. The largest absolute Gasteiger partial charge is 0.454 e. The van der Waals surface area contributed by atoms with Crippen molar-refractivity contribution in [3.05, 3.63) is 158 Å². The number of nitrogens with zero attached hydrogens (tertiary/aromatic N) is 3. The Bertz CT molecular complexity index is 2700. The van der Waals surface area contributed by atoms with E-state index >= 15 is 0 Å². The number of fused-ring (bicyclic) bond motifs is 7. The maximum Gasteiger partial charge on any atom is 0.159 e. The zero-order chi connectivity index (χ0) is 30.9. The molecule has 4 nitrogen and oxygen atoms in total. The number of aromatic nitrogens is 1. The summed E-state index contributed by atoms with van der Waals surface area (Å²) in [4.78, 5) is 0. The Labute approximate surface area is 281 Å². The zero-order valence-corrected chi connectivity index (χ0v) is 27.3. The molecule has 0 fully saturated rings. The van der Waals surface area contributed by atoms with Crippen molar-refractivity contribution in [3.8, 4) is 27.9 Å². The van der Waals surface area contributed by atoms with Crippen LogP contribution in [0.4, 0.5) is 17.1 Å². The van der Waals surface area contributed by atoms with E-state index in [1.165, 1.54) is 44.2 Å². The molecule has 0 spiro atoms. The lowest BCUT2D eigenvalue weighted by molar-refractivity contribution is 0.670. The summed E-state index contributed by atoms with van der Waals surface area (Å²) in [5.41, 5.74) is 13.4. The van der Waals surface area contributed by atoms with Crippen LogP contribution in [0.2, 0.25) is 0 Å². The molecule has 0 N–H and O–H groups in total. The van der Waals surface area contributed by atoms with Gasteiger partial charge in [-0.2, -0.15) is 0 Å². The van der Waals surface area contributed by atoms with Crippen molar-refractivity contribution in [1.29, 1.82) is 0 Å². The Kier molecular flexibility index (Phi) is 5.96. The van der Waals surface area contributed by atoms with Gasteiger partial charge in [-0.1, -0.05) is 91.0 Å². The van der Waals surface area contributed by atoms with Crippen molar-refractivity contribution in [2.45, 2.75) is 0 Å². The second kappa shape index (κ2) is 10.5. The molecule has 2 aromatic heterocycles. The number of halogens is 1. The van der Waals surface area contributed by atoms with Gasteiger partial charge >= 0.3 is 0 Å². The van der Waals surface area contributed by atoms with Crippen LogP contribution in [0.3, 0.4) is 0 Å². The Hall–Kier alpha value is -5.53. The van der Waals surface area contributed by atoms with Gasteiger partial charge in [-0.05, 0) is 89.0 Å². The van der Waals surface area contributed by atoms with Crippen molar-refractivity contribution in [2.75, 3.05) is 3.11 Å². The third-order valence-corrected chi connectivity index (χ3v) is 11.4. The number of hydrogen-bond acceptors (Lipinski definition) is 3. The summed E-state index contributed by atoms with van der Waals surface area (Å²) >= 11 is -0.614. The Balaban J connectivity index is 1.14. The second-order valence-corrected chi connectivity index (χ2v) is 13.8. The minimum absolute atomic E-state index is 0.614. The van der Waals surface area contributed by atoms with Gasteiger partial charge in [0.1, 0.15) is 26.9 Å². The van der Waals surface area contributed by atoms with Gasteiger partial charge < -0.3 is 8.98 Å². The van der Waals surface area contributed by atoms with Gasteiger partial charge in [-0.3, -0.25) is 3.11 Å². The monoisotopic (exact) mass is 715 g/mol. The molecule has 9 aromatic rings. The Morgan fingerprint density at radius 3 is 2.09 bits per heavy atom. The number of benzene rings is 7. The minimum Gasteiger partial charge on any atom is -0.454 e. The third-order valence-electron chi connectivity index (χ3n) is 9.18. The zero-order valence-electron chi connectivity index (χ0n) is 25.1. The number of para-hydroxylation sites is 4. The van der Waals surface area contributed by atoms with Crippen molar-refractivity contribution >= 4 is 82.1 Å². The standard InChI is InChI=1S/C42H26IN3O/c1-2-13-31(14-3-1)45-37-18-7-4-15-32(37)34-24-29(21-22-38(34)45)27-11-10-12-28(23-27)30-25-35-33-16-5-9-20-41(33)47-42(35)40(26-30)46-39-19-8-6-17-36(39)44-43-46/h1-26H. The first-order chi connectivity index (χ1) is 23.3. The van der Waals surface area contributed by atoms with Crippen LogP contribution in [0.15, 0.2) is 165 Å². The SMILES string of the molecule is c1ccc(-n2c3ccccc3c3cc(-c4cccc(-c5cc(N6I=Nc7ccccc76)c6oc7ccccc7c6c5)c4)ccc32)cc1. The lowest BCUT2D eigenvalue weighted by atomic mass is 9.96. The summed E-state index contributed by atoms with van der Waals surface area (Å²) in [6.45, 7) is 0. The number of anilines is 2. The van der Waals surface area contributed by atoms with Crippen molar-refractivity contribution in [2.24, 2.45) is 3.15 Å². The predicted octanol–water partition coefficient (Wildman–Crippen LogP) is 12.9. The van der Waals surface area contributed by atoms with Crippen LogP contribution in [-0.2, 0) is 0 Å². The van der Waals surface area contributed by atoms with E-state index in [9.17, 15) is 0 Å². The maximum atomic E-state index is 6.54. The molecule has 10 rings (SSSR count). The summed E-state index contributed by atoms with van der Waals surface area (Å²) < 4.78 is 16.2. The van der Waals surface area contributed by atoms with Crippen LogP contribution < -0.4 is 3.11 Å². The molecule has 0 atom stereocenters. The van der Waals surface area contributed by atoms with Crippen LogP contribution >= 0.6 is 21.3 Å². The molecule has 5 heteroatoms. The molecule has 3 heterocycles. The van der Waals surface area contributed by atoms with Crippen LogP contribution in [0.5, 0.6) is 0 Å². The predicted molar refractivity (Wildman–Crippen MR) is 204 cm³/mol. The number of furan rings is 1. The van der Waals surface area contributed by atoms with E-state index in [0.29, 0.717) is 0 Å². The number of rotatable bonds is 4. The molecular formula is C42H26IN3O. The van der Waals surface area contributed by atoms with Gasteiger partial charge in [0.05, 0.1) is 28.1 Å². The molecule has 47 heavy (non-hydrogen) atoms. The molecular weight excluding hydrogens is 689 g/mol. The highest BCUT2D eigenvalue weighted by atomic mass is 127. The lowest BCUT2D eigenvalue weighted by Crippen LogP contribution is -2.00. The van der Waals surface area contributed by atoms with E-state index in [4.69, 9.17) is 7.56 Å². The molecule has 0 amide bonds. The molecule has 0 radical (unpaired) electrons. The van der Waals surface area contributed by atoms with Crippen LogP contribution in [0.25, 0.3) is 71.7 Å². The van der Waals surface area contributed by atoms with Crippen molar-refractivity contribution in [3.63, 3.8) is 0 Å². The van der Waals surface area contributed by atoms with E-state index in [1.807, 2.05) is 6.07 Å². The molecule has 7 aromatic carbocycles. The first-order valence-corrected chi connectivity index (χ1v) is 17.6. The van der Waals surface area contributed by atoms with Crippen molar-refractivity contribution < 1.29 is 4.42 Å². The van der Waals surface area contributed by atoms with E-state index < -0.39 is 21.3 Å². The first kappa shape index (κ1) is 26.7. The molecule has 0 aliphatic carbocycles. The molecule has 0 saturated carbocycles. The van der Waals surface area contributed by atoms with Crippen molar-refractivity contribution in [1.82, 2.24) is 4.57 Å². The summed E-state index contributed by atoms with van der Waals surface area (Å²) in [6, 6.07) is 56.5. The summed E-state index contributed by atoms with van der Waals surface area (Å²) in [5, 5.41) is 4.76.